The van der Waals surface area contributed by atoms with Gasteiger partial charge in [0.1, 0.15) is 17.3 Å². The quantitative estimate of drug-likeness (QED) is 0.569. The Morgan fingerprint density at radius 3 is 2.77 bits per heavy atom. The van der Waals surface area contributed by atoms with Gasteiger partial charge >= 0.3 is 0 Å². The number of rotatable bonds is 6. The van der Waals surface area contributed by atoms with Crippen LogP contribution in [-0.4, -0.2) is 41.4 Å². The number of hydrogen-bond acceptors (Lipinski definition) is 6. The third-order valence-electron chi connectivity index (χ3n) is 5.57. The fraction of sp³-hybridized carbons (Fsp3) is 0.320. The van der Waals surface area contributed by atoms with Crippen molar-refractivity contribution in [3.8, 4) is 11.1 Å². The van der Waals surface area contributed by atoms with E-state index >= 15 is 0 Å². The number of carbonyl (C=O) groups is 1. The molecule has 0 aliphatic carbocycles. The molecule has 0 amide bonds. The van der Waals surface area contributed by atoms with Gasteiger partial charge in [-0.15, -0.1) is 0 Å². The molecule has 31 heavy (non-hydrogen) atoms. The number of pyridine rings is 2. The molecule has 0 bridgehead atoms. The molecule has 6 nitrogen and oxygen atoms in total. The van der Waals surface area contributed by atoms with E-state index in [1.165, 1.54) is 0 Å². The minimum Gasteiger partial charge on any atom is -0.383 e. The van der Waals surface area contributed by atoms with Crippen molar-refractivity contribution >= 4 is 17.4 Å². The van der Waals surface area contributed by atoms with Gasteiger partial charge in [-0.25, -0.2) is 9.97 Å². The Balaban J connectivity index is 0.00000193. The zero-order chi connectivity index (χ0) is 21.8. The topological polar surface area (TPSA) is 84.1 Å². The molecule has 3 heterocycles. The van der Waals surface area contributed by atoms with Crippen molar-refractivity contribution in [3.63, 3.8) is 0 Å². The van der Waals surface area contributed by atoms with Crippen LogP contribution in [0.25, 0.3) is 11.1 Å². The number of nitrogens with two attached hydrogens (primary N) is 1. The lowest BCUT2D eigenvalue weighted by molar-refractivity contribution is 0.103. The third kappa shape index (κ3) is 4.91. The maximum absolute atomic E-state index is 13.3. The number of carbonyl (C=O) groups excluding carboxylic acids is 1. The Labute approximate surface area is 188 Å². The fourth-order valence-corrected chi connectivity index (χ4v) is 4.07. The van der Waals surface area contributed by atoms with Gasteiger partial charge in [-0.05, 0) is 36.1 Å². The average molecular weight is 422 g/mol. The molecular formula is C25H35N5O. The Morgan fingerprint density at radius 2 is 2.00 bits per heavy atom. The number of anilines is 2. The smallest absolute Gasteiger partial charge is 0.215 e. The molecule has 0 radical (unpaired) electrons. The maximum Gasteiger partial charge on any atom is 0.215 e. The van der Waals surface area contributed by atoms with Gasteiger partial charge in [0.15, 0.2) is 0 Å². The molecule has 1 aliphatic rings. The van der Waals surface area contributed by atoms with E-state index in [1.54, 1.807) is 18.3 Å². The van der Waals surface area contributed by atoms with Gasteiger partial charge in [-0.2, -0.15) is 0 Å². The summed E-state index contributed by atoms with van der Waals surface area (Å²) in [6.07, 6.45) is 2.81. The molecule has 1 atom stereocenters. The number of piperazine rings is 1. The first kappa shape index (κ1) is 21.0. The van der Waals surface area contributed by atoms with Gasteiger partial charge in [-0.3, -0.25) is 4.79 Å². The molecule has 0 saturated carbocycles. The summed E-state index contributed by atoms with van der Waals surface area (Å²) >= 11 is 0. The van der Waals surface area contributed by atoms with Crippen molar-refractivity contribution in [1.82, 2.24) is 15.3 Å². The van der Waals surface area contributed by atoms with Crippen molar-refractivity contribution in [2.45, 2.75) is 26.3 Å². The number of nitrogen functional groups attached to an aromatic ring is 1. The lowest BCUT2D eigenvalue weighted by atomic mass is 10.0. The predicted molar refractivity (Wildman–Crippen MR) is 132 cm³/mol. The van der Waals surface area contributed by atoms with Crippen LogP contribution in [0.4, 0.5) is 11.6 Å². The molecule has 1 aromatic carbocycles. The summed E-state index contributed by atoms with van der Waals surface area (Å²) in [4.78, 5) is 24.5. The monoisotopic (exact) mass is 421 g/mol. The number of nitrogens with one attached hydrogen (secondary N) is 1. The fourth-order valence-electron chi connectivity index (χ4n) is 4.07. The summed E-state index contributed by atoms with van der Waals surface area (Å²) in [6, 6.07) is 17.7. The molecule has 166 valence electrons. The van der Waals surface area contributed by atoms with Crippen LogP contribution in [-0.2, 0) is 0 Å². The second-order valence-electron chi connectivity index (χ2n) is 8.46. The zero-order valence-corrected chi connectivity index (χ0v) is 18.1. The summed E-state index contributed by atoms with van der Waals surface area (Å²) in [7, 11) is 0. The number of hydrogen-bond donors (Lipinski definition) is 2. The molecule has 1 fully saturated rings. The van der Waals surface area contributed by atoms with Crippen molar-refractivity contribution in [2.24, 2.45) is 5.92 Å². The van der Waals surface area contributed by atoms with Gasteiger partial charge in [-0.1, -0.05) is 50.2 Å². The largest absolute Gasteiger partial charge is 0.383 e. The normalized spacial score (nSPS) is 16.5. The molecular weight excluding hydrogens is 386 g/mol. The summed E-state index contributed by atoms with van der Waals surface area (Å²) < 4.78 is 0. The first-order valence-electron chi connectivity index (χ1n) is 10.8. The van der Waals surface area contributed by atoms with E-state index in [4.69, 9.17) is 10.7 Å². The van der Waals surface area contributed by atoms with Crippen LogP contribution in [0.5, 0.6) is 0 Å². The SMILES string of the molecule is CC(C)C[C@H]1CN(c2cccc(C(=O)c3cc(-c4ccccc4)cnc3N)n2)CCN1.[HH].[HH].[HH]. The van der Waals surface area contributed by atoms with Gasteiger partial charge in [0.2, 0.25) is 5.78 Å². The molecule has 1 aliphatic heterocycles. The predicted octanol–water partition coefficient (Wildman–Crippen LogP) is 4.52. The van der Waals surface area contributed by atoms with Crippen molar-refractivity contribution in [2.75, 3.05) is 30.3 Å². The number of aromatic nitrogens is 2. The van der Waals surface area contributed by atoms with Gasteiger partial charge in [0.25, 0.3) is 0 Å². The summed E-state index contributed by atoms with van der Waals surface area (Å²) in [5.41, 5.74) is 8.68. The highest BCUT2D eigenvalue weighted by atomic mass is 16.1. The summed E-state index contributed by atoms with van der Waals surface area (Å²) in [6.45, 7) is 7.13. The van der Waals surface area contributed by atoms with Gasteiger partial charge in [0, 0.05) is 41.7 Å². The number of nitrogens with zero attached hydrogens (tertiary/aromatic N) is 3. The van der Waals surface area contributed by atoms with Crippen LogP contribution < -0.4 is 16.0 Å². The highest BCUT2D eigenvalue weighted by Crippen LogP contribution is 2.24. The van der Waals surface area contributed by atoms with Crippen LogP contribution in [0.1, 0.15) is 40.6 Å². The molecule has 4 rings (SSSR count). The van der Waals surface area contributed by atoms with Crippen LogP contribution >= 0.6 is 0 Å². The van der Waals surface area contributed by atoms with E-state index in [-0.39, 0.29) is 15.9 Å². The second kappa shape index (κ2) is 9.27. The lowest BCUT2D eigenvalue weighted by Gasteiger charge is -2.35. The van der Waals surface area contributed by atoms with Crippen molar-refractivity contribution in [1.29, 1.82) is 0 Å². The van der Waals surface area contributed by atoms with E-state index < -0.39 is 0 Å². The molecule has 1 saturated heterocycles. The highest BCUT2D eigenvalue weighted by Gasteiger charge is 2.22. The van der Waals surface area contributed by atoms with Crippen LogP contribution in [0.2, 0.25) is 0 Å². The van der Waals surface area contributed by atoms with Crippen LogP contribution in [0, 0.1) is 5.92 Å². The van der Waals surface area contributed by atoms with Gasteiger partial charge in [0.05, 0.1) is 5.56 Å². The number of ketones is 1. The summed E-state index contributed by atoms with van der Waals surface area (Å²) in [5.74, 6) is 1.46. The average Bonchev–Trinajstić information content (AvgIpc) is 2.79. The Morgan fingerprint density at radius 1 is 1.19 bits per heavy atom. The minimum absolute atomic E-state index is 0. The minimum atomic E-state index is -0.210. The van der Waals surface area contributed by atoms with Crippen LogP contribution in [0.3, 0.4) is 0 Å². The zero-order valence-electron chi connectivity index (χ0n) is 18.1. The molecule has 3 N–H and O–H groups in total. The lowest BCUT2D eigenvalue weighted by Crippen LogP contribution is -2.51. The van der Waals surface area contributed by atoms with Crippen molar-refractivity contribution < 1.29 is 9.07 Å². The first-order chi connectivity index (χ1) is 15.0. The molecule has 3 aromatic rings. The van der Waals surface area contributed by atoms with E-state index in [0.717, 1.165) is 43.0 Å². The van der Waals surface area contributed by atoms with Crippen molar-refractivity contribution in [3.05, 3.63) is 72.1 Å². The first-order valence-corrected chi connectivity index (χ1v) is 10.8. The molecule has 6 heteroatoms. The molecule has 0 spiro atoms. The summed E-state index contributed by atoms with van der Waals surface area (Å²) in [5, 5.41) is 3.58. The van der Waals surface area contributed by atoms with E-state index in [1.807, 2.05) is 42.5 Å². The third-order valence-corrected chi connectivity index (χ3v) is 5.57. The Kier molecular flexibility index (Phi) is 6.28. The second-order valence-corrected chi connectivity index (χ2v) is 8.46. The van der Waals surface area contributed by atoms with E-state index in [9.17, 15) is 4.79 Å². The number of benzene rings is 1. The van der Waals surface area contributed by atoms with Crippen LogP contribution in [0.15, 0.2) is 60.8 Å². The Bertz CT molecular complexity index is 1070. The molecule has 2 aromatic heterocycles. The molecule has 0 unspecified atom stereocenters. The van der Waals surface area contributed by atoms with E-state index in [0.29, 0.717) is 23.2 Å². The van der Waals surface area contributed by atoms with Gasteiger partial charge < -0.3 is 16.0 Å². The maximum atomic E-state index is 13.3. The standard InChI is InChI=1S/C25H29N5O.3H2/c1-17(2)13-20-16-30(12-11-27-20)23-10-6-9-22(29-23)24(31)21-14-19(15-28-25(21)26)18-7-4-3-5-8-18;;;/h3-10,14-15,17,20,27H,11-13,16H2,1-2H3,(H2,26,28);3*1H/t20-;;;/m0.../s1. The highest BCUT2D eigenvalue weighted by molar-refractivity contribution is 6.11. The Hall–Kier alpha value is -3.25. The van der Waals surface area contributed by atoms with E-state index in [2.05, 4.69) is 29.0 Å².